The van der Waals surface area contributed by atoms with Gasteiger partial charge in [0.25, 0.3) is 0 Å². The molecule has 0 saturated carbocycles. The van der Waals surface area contributed by atoms with E-state index in [-0.39, 0.29) is 9.92 Å². The van der Waals surface area contributed by atoms with E-state index >= 15 is 0 Å². The summed E-state index contributed by atoms with van der Waals surface area (Å²) in [5.41, 5.74) is 7.19. The fraction of sp³-hybridized carbons (Fsp3) is 0.148. The lowest BCUT2D eigenvalue weighted by Crippen LogP contribution is -2.07. The topological polar surface area (TPSA) is 87.2 Å². The van der Waals surface area contributed by atoms with E-state index in [1.807, 2.05) is 60.7 Å². The number of halogens is 1. The van der Waals surface area contributed by atoms with Crippen LogP contribution in [0.25, 0.3) is 21.7 Å². The number of nitrogens with zero attached hydrogens (tertiary/aromatic N) is 2. The van der Waals surface area contributed by atoms with Crippen LogP contribution >= 0.6 is 11.6 Å². The van der Waals surface area contributed by atoms with Gasteiger partial charge in [0, 0.05) is 15.8 Å². The van der Waals surface area contributed by atoms with E-state index in [0.29, 0.717) is 53.2 Å². The maximum Gasteiger partial charge on any atom is 0.226 e. The van der Waals surface area contributed by atoms with Crippen LogP contribution in [-0.2, 0) is 16.4 Å². The highest BCUT2D eigenvalue weighted by Crippen LogP contribution is 2.34. The molecule has 1 aromatic heterocycles. The summed E-state index contributed by atoms with van der Waals surface area (Å²) in [5, 5.41) is 7.23. The SMILES string of the molecule is NCCCOc1ccc2c(c1)c(S(=O)(=O)c1cccc3ccccc13)nn2Cc1cccc(Cl)c1. The van der Waals surface area contributed by atoms with Gasteiger partial charge in [-0.15, -0.1) is 0 Å². The summed E-state index contributed by atoms with van der Waals surface area (Å²) in [4.78, 5) is 0.222. The van der Waals surface area contributed by atoms with Crippen molar-refractivity contribution < 1.29 is 13.2 Å². The van der Waals surface area contributed by atoms with Crippen molar-refractivity contribution in [3.05, 3.63) is 95.5 Å². The van der Waals surface area contributed by atoms with Crippen LogP contribution in [-0.4, -0.2) is 31.3 Å². The summed E-state index contributed by atoms with van der Waals surface area (Å²) >= 11 is 6.17. The lowest BCUT2D eigenvalue weighted by Gasteiger charge is -2.08. The summed E-state index contributed by atoms with van der Waals surface area (Å²) in [7, 11) is -3.95. The average molecular weight is 506 g/mol. The van der Waals surface area contributed by atoms with Gasteiger partial charge in [-0.05, 0) is 60.3 Å². The second kappa shape index (κ2) is 9.70. The molecule has 1 heterocycles. The zero-order chi connectivity index (χ0) is 24.4. The van der Waals surface area contributed by atoms with Crippen molar-refractivity contribution in [3.63, 3.8) is 0 Å². The Morgan fingerprint density at radius 1 is 0.914 bits per heavy atom. The van der Waals surface area contributed by atoms with Gasteiger partial charge in [0.05, 0.1) is 23.6 Å². The van der Waals surface area contributed by atoms with Crippen molar-refractivity contribution in [1.82, 2.24) is 9.78 Å². The number of nitrogens with two attached hydrogens (primary N) is 1. The van der Waals surface area contributed by atoms with Crippen LogP contribution in [0, 0.1) is 0 Å². The Labute approximate surface area is 208 Å². The highest BCUT2D eigenvalue weighted by Gasteiger charge is 2.27. The Bertz CT molecular complexity index is 1620. The molecule has 2 N–H and O–H groups in total. The third kappa shape index (κ3) is 4.62. The van der Waals surface area contributed by atoms with Crippen molar-refractivity contribution in [2.75, 3.05) is 13.2 Å². The van der Waals surface area contributed by atoms with E-state index in [4.69, 9.17) is 22.1 Å². The normalized spacial score (nSPS) is 11.8. The minimum Gasteiger partial charge on any atom is -0.494 e. The molecule has 0 atom stereocenters. The summed E-state index contributed by atoms with van der Waals surface area (Å²) in [6.45, 7) is 1.33. The predicted molar refractivity (Wildman–Crippen MR) is 139 cm³/mol. The highest BCUT2D eigenvalue weighted by atomic mass is 35.5. The molecule has 0 spiro atoms. The molecule has 178 valence electrons. The Kier molecular flexibility index (Phi) is 6.47. The van der Waals surface area contributed by atoms with Crippen molar-refractivity contribution in [1.29, 1.82) is 0 Å². The number of hydrogen-bond acceptors (Lipinski definition) is 5. The first-order valence-corrected chi connectivity index (χ1v) is 13.1. The molecule has 8 heteroatoms. The van der Waals surface area contributed by atoms with Crippen LogP contribution in [0.4, 0.5) is 0 Å². The Balaban J connectivity index is 1.68. The van der Waals surface area contributed by atoms with Gasteiger partial charge in [0.2, 0.25) is 9.84 Å². The van der Waals surface area contributed by atoms with Crippen molar-refractivity contribution in [3.8, 4) is 5.75 Å². The number of ether oxygens (including phenoxy) is 1. The second-order valence-electron chi connectivity index (χ2n) is 8.24. The van der Waals surface area contributed by atoms with Crippen molar-refractivity contribution in [2.24, 2.45) is 5.73 Å². The maximum absolute atomic E-state index is 14.0. The van der Waals surface area contributed by atoms with Crippen LogP contribution in [0.15, 0.2) is 94.9 Å². The molecule has 0 amide bonds. The van der Waals surface area contributed by atoms with E-state index in [1.165, 1.54) is 0 Å². The molecule has 0 aliphatic rings. The molecular formula is C27H24ClN3O3S. The van der Waals surface area contributed by atoms with Gasteiger partial charge in [-0.2, -0.15) is 5.10 Å². The molecule has 5 aromatic rings. The fourth-order valence-electron chi connectivity index (χ4n) is 4.15. The summed E-state index contributed by atoms with van der Waals surface area (Å²) < 4.78 is 35.5. The van der Waals surface area contributed by atoms with Crippen LogP contribution in [0.2, 0.25) is 5.02 Å². The number of aromatic nitrogens is 2. The van der Waals surface area contributed by atoms with Gasteiger partial charge in [0.1, 0.15) is 5.75 Å². The molecule has 5 rings (SSSR count). The highest BCUT2D eigenvalue weighted by molar-refractivity contribution is 7.91. The summed E-state index contributed by atoms with van der Waals surface area (Å²) in [6.07, 6.45) is 0.702. The zero-order valence-corrected chi connectivity index (χ0v) is 20.5. The summed E-state index contributed by atoms with van der Waals surface area (Å²) in [5.74, 6) is 0.572. The molecule has 0 bridgehead atoms. The number of fused-ring (bicyclic) bond motifs is 2. The quantitative estimate of drug-likeness (QED) is 0.283. The van der Waals surface area contributed by atoms with Crippen molar-refractivity contribution >= 4 is 43.1 Å². The van der Waals surface area contributed by atoms with Gasteiger partial charge >= 0.3 is 0 Å². The zero-order valence-electron chi connectivity index (χ0n) is 18.9. The van der Waals surface area contributed by atoms with E-state index in [1.54, 1.807) is 28.9 Å². The van der Waals surface area contributed by atoms with Gasteiger partial charge in [0.15, 0.2) is 5.03 Å². The molecule has 4 aromatic carbocycles. The van der Waals surface area contributed by atoms with E-state index in [0.717, 1.165) is 10.9 Å². The van der Waals surface area contributed by atoms with Crippen LogP contribution in [0.3, 0.4) is 0 Å². The third-order valence-electron chi connectivity index (χ3n) is 5.82. The maximum atomic E-state index is 14.0. The molecular weight excluding hydrogens is 482 g/mol. The first kappa shape index (κ1) is 23.4. The summed E-state index contributed by atoms with van der Waals surface area (Å²) in [6, 6.07) is 25.6. The van der Waals surface area contributed by atoms with Crippen LogP contribution in [0.5, 0.6) is 5.75 Å². The van der Waals surface area contributed by atoms with Gasteiger partial charge in [-0.3, -0.25) is 4.68 Å². The number of hydrogen-bond donors (Lipinski definition) is 1. The molecule has 0 unspecified atom stereocenters. The standard InChI is InChI=1S/C27H24ClN3O3S/c28-21-9-3-6-19(16-21)18-31-25-13-12-22(34-15-5-14-29)17-24(25)27(30-31)35(32,33)26-11-4-8-20-7-1-2-10-23(20)26/h1-4,6-13,16-17H,5,14-15,18,29H2. The Hall–Kier alpha value is -3.39. The largest absolute Gasteiger partial charge is 0.494 e. The molecule has 0 radical (unpaired) electrons. The predicted octanol–water partition coefficient (Wildman–Crippen LogP) is 5.45. The first-order valence-electron chi connectivity index (χ1n) is 11.3. The Morgan fingerprint density at radius 3 is 2.54 bits per heavy atom. The van der Waals surface area contributed by atoms with E-state index in [9.17, 15) is 8.42 Å². The fourth-order valence-corrected chi connectivity index (χ4v) is 5.97. The van der Waals surface area contributed by atoms with Crippen molar-refractivity contribution in [2.45, 2.75) is 22.9 Å². The molecule has 6 nitrogen and oxygen atoms in total. The lowest BCUT2D eigenvalue weighted by molar-refractivity contribution is 0.314. The smallest absolute Gasteiger partial charge is 0.226 e. The Morgan fingerprint density at radius 2 is 1.71 bits per heavy atom. The third-order valence-corrected chi connectivity index (χ3v) is 7.80. The number of benzene rings is 4. The van der Waals surface area contributed by atoms with Crippen LogP contribution < -0.4 is 10.5 Å². The lowest BCUT2D eigenvalue weighted by atomic mass is 10.1. The molecule has 35 heavy (non-hydrogen) atoms. The van der Waals surface area contributed by atoms with E-state index < -0.39 is 9.84 Å². The van der Waals surface area contributed by atoms with Crippen LogP contribution in [0.1, 0.15) is 12.0 Å². The second-order valence-corrected chi connectivity index (χ2v) is 10.5. The monoisotopic (exact) mass is 505 g/mol. The molecule has 0 aliphatic heterocycles. The molecule has 0 aliphatic carbocycles. The first-order chi connectivity index (χ1) is 17.0. The van der Waals surface area contributed by atoms with Gasteiger partial charge < -0.3 is 10.5 Å². The molecule has 0 saturated heterocycles. The number of sulfone groups is 1. The minimum atomic E-state index is -3.95. The molecule has 0 fully saturated rings. The van der Waals surface area contributed by atoms with Gasteiger partial charge in [-0.1, -0.05) is 60.1 Å². The average Bonchev–Trinajstić information content (AvgIpc) is 3.22. The number of rotatable bonds is 8. The van der Waals surface area contributed by atoms with E-state index in [2.05, 4.69) is 5.10 Å². The van der Waals surface area contributed by atoms with Gasteiger partial charge in [-0.25, -0.2) is 8.42 Å². The minimum absolute atomic E-state index is 0.00449.